The lowest BCUT2D eigenvalue weighted by molar-refractivity contribution is 0.0739. The smallest absolute Gasteiger partial charge is 0.256 e. The third kappa shape index (κ3) is 3.42. The van der Waals surface area contributed by atoms with Gasteiger partial charge in [0.2, 0.25) is 0 Å². The van der Waals surface area contributed by atoms with Crippen molar-refractivity contribution in [3.8, 4) is 0 Å². The van der Waals surface area contributed by atoms with Crippen LogP contribution in [0.5, 0.6) is 0 Å². The van der Waals surface area contributed by atoms with Crippen LogP contribution in [0.25, 0.3) is 0 Å². The number of aryl methyl sites for hydroxylation is 1. The summed E-state index contributed by atoms with van der Waals surface area (Å²) >= 11 is 1.65. The first kappa shape index (κ1) is 15.5. The van der Waals surface area contributed by atoms with E-state index in [1.54, 1.807) is 30.2 Å². The van der Waals surface area contributed by atoms with Gasteiger partial charge in [0.15, 0.2) is 0 Å². The maximum Gasteiger partial charge on any atom is 0.256 e. The van der Waals surface area contributed by atoms with Crippen LogP contribution >= 0.6 is 11.3 Å². The highest BCUT2D eigenvalue weighted by Gasteiger charge is 2.22. The van der Waals surface area contributed by atoms with Gasteiger partial charge < -0.3 is 10.6 Å². The molecule has 0 saturated carbocycles. The van der Waals surface area contributed by atoms with Gasteiger partial charge in [0.1, 0.15) is 5.82 Å². The van der Waals surface area contributed by atoms with Gasteiger partial charge in [0.25, 0.3) is 5.91 Å². The van der Waals surface area contributed by atoms with Crippen molar-refractivity contribution >= 4 is 22.9 Å². The lowest BCUT2D eigenvalue weighted by Crippen LogP contribution is -2.36. The van der Waals surface area contributed by atoms with Gasteiger partial charge in [-0.15, -0.1) is 11.3 Å². The van der Waals surface area contributed by atoms with Crippen LogP contribution in [0.4, 0.5) is 10.1 Å². The molecule has 0 spiro atoms. The number of hydrogen-bond donors (Lipinski definition) is 1. The van der Waals surface area contributed by atoms with Crippen LogP contribution in [0, 0.1) is 12.7 Å². The number of rotatable bonds is 4. The maximum atomic E-state index is 14.1. The van der Waals surface area contributed by atoms with Crippen molar-refractivity contribution in [2.24, 2.45) is 0 Å². The fourth-order valence-corrected chi connectivity index (χ4v) is 3.03. The van der Waals surface area contributed by atoms with Gasteiger partial charge in [-0.2, -0.15) is 0 Å². The monoisotopic (exact) mass is 306 g/mol. The normalized spacial score (nSPS) is 12.2. The summed E-state index contributed by atoms with van der Waals surface area (Å²) in [6.07, 6.45) is 0.753. The molecule has 1 atom stereocenters. The molecule has 1 amide bonds. The number of benzene rings is 1. The Bertz CT molecular complexity index is 640. The number of amides is 1. The molecule has 3 nitrogen and oxygen atoms in total. The highest BCUT2D eigenvalue weighted by atomic mass is 32.1. The Morgan fingerprint density at radius 3 is 2.81 bits per heavy atom. The number of thiophene rings is 1. The minimum Gasteiger partial charge on any atom is -0.399 e. The molecular weight excluding hydrogens is 287 g/mol. The quantitative estimate of drug-likeness (QED) is 0.879. The SMILES string of the molecule is Cc1cc(N)cc(C(=O)N(C)C(C)Cc2cccs2)c1F. The summed E-state index contributed by atoms with van der Waals surface area (Å²) in [6, 6.07) is 6.93. The fourth-order valence-electron chi connectivity index (χ4n) is 2.20. The molecule has 0 radical (unpaired) electrons. The second-order valence-corrected chi connectivity index (χ2v) is 6.28. The van der Waals surface area contributed by atoms with Crippen LogP contribution in [0.15, 0.2) is 29.6 Å². The molecule has 0 fully saturated rings. The number of carbonyl (C=O) groups excluding carboxylic acids is 1. The van der Waals surface area contributed by atoms with E-state index in [4.69, 9.17) is 5.73 Å². The maximum absolute atomic E-state index is 14.1. The molecule has 2 rings (SSSR count). The number of anilines is 1. The number of halogens is 1. The summed E-state index contributed by atoms with van der Waals surface area (Å²) in [5.41, 5.74) is 6.54. The first-order valence-electron chi connectivity index (χ1n) is 6.75. The van der Waals surface area contributed by atoms with Crippen molar-refractivity contribution in [1.29, 1.82) is 0 Å². The fraction of sp³-hybridized carbons (Fsp3) is 0.312. The van der Waals surface area contributed by atoms with Crippen molar-refractivity contribution < 1.29 is 9.18 Å². The molecule has 0 saturated heterocycles. The number of hydrogen-bond acceptors (Lipinski definition) is 3. The van der Waals surface area contributed by atoms with Crippen LogP contribution in [0.3, 0.4) is 0 Å². The van der Waals surface area contributed by atoms with Crippen molar-refractivity contribution in [3.63, 3.8) is 0 Å². The number of likely N-dealkylation sites (N-methyl/N-ethyl adjacent to an activating group) is 1. The van der Waals surface area contributed by atoms with Crippen molar-refractivity contribution in [3.05, 3.63) is 51.5 Å². The van der Waals surface area contributed by atoms with E-state index in [1.807, 2.05) is 24.4 Å². The molecule has 1 heterocycles. The summed E-state index contributed by atoms with van der Waals surface area (Å²) in [4.78, 5) is 15.2. The molecule has 112 valence electrons. The van der Waals surface area contributed by atoms with Gasteiger partial charge in [-0.25, -0.2) is 4.39 Å². The van der Waals surface area contributed by atoms with Gasteiger partial charge in [0, 0.05) is 30.1 Å². The number of nitrogens with zero attached hydrogens (tertiary/aromatic N) is 1. The van der Waals surface area contributed by atoms with Crippen molar-refractivity contribution in [2.45, 2.75) is 26.3 Å². The standard InChI is InChI=1S/C16H19FN2OS/c1-10-7-12(18)9-14(15(10)17)16(20)19(3)11(2)8-13-5-4-6-21-13/h4-7,9,11H,8,18H2,1-3H3. The minimum atomic E-state index is -0.496. The van der Waals surface area contributed by atoms with Gasteiger partial charge in [0.05, 0.1) is 5.56 Å². The molecule has 0 aliphatic rings. The Kier molecular flexibility index (Phi) is 4.63. The zero-order chi connectivity index (χ0) is 15.6. The Labute approximate surface area is 128 Å². The van der Waals surface area contributed by atoms with Crippen LogP contribution < -0.4 is 5.73 Å². The van der Waals surface area contributed by atoms with Gasteiger partial charge >= 0.3 is 0 Å². The molecular formula is C16H19FN2OS. The molecule has 0 aliphatic heterocycles. The number of nitrogen functional groups attached to an aromatic ring is 1. The third-order valence-corrected chi connectivity index (χ3v) is 4.46. The summed E-state index contributed by atoms with van der Waals surface area (Å²) in [5, 5.41) is 2.00. The largest absolute Gasteiger partial charge is 0.399 e. The molecule has 1 aromatic heterocycles. The molecule has 2 N–H and O–H groups in total. The van der Waals surface area contributed by atoms with Crippen molar-refractivity contribution in [1.82, 2.24) is 4.90 Å². The van der Waals surface area contributed by atoms with E-state index in [2.05, 4.69) is 0 Å². The molecule has 21 heavy (non-hydrogen) atoms. The molecule has 0 bridgehead atoms. The van der Waals surface area contributed by atoms with E-state index in [1.165, 1.54) is 17.0 Å². The van der Waals surface area contributed by atoms with E-state index in [0.29, 0.717) is 11.3 Å². The Morgan fingerprint density at radius 2 is 2.19 bits per heavy atom. The Balaban J connectivity index is 2.19. The van der Waals surface area contributed by atoms with E-state index < -0.39 is 5.82 Å². The number of carbonyl (C=O) groups is 1. The summed E-state index contributed by atoms with van der Waals surface area (Å²) in [6.45, 7) is 3.56. The molecule has 2 aromatic rings. The van der Waals surface area contributed by atoms with Gasteiger partial charge in [-0.3, -0.25) is 4.79 Å². The van der Waals surface area contributed by atoms with Crippen LogP contribution in [-0.4, -0.2) is 23.9 Å². The second kappa shape index (κ2) is 6.26. The van der Waals surface area contributed by atoms with E-state index in [0.717, 1.165) is 6.42 Å². The first-order chi connectivity index (χ1) is 9.90. The zero-order valence-electron chi connectivity index (χ0n) is 12.4. The number of nitrogens with two attached hydrogens (primary N) is 1. The Morgan fingerprint density at radius 1 is 1.48 bits per heavy atom. The van der Waals surface area contributed by atoms with E-state index in [-0.39, 0.29) is 17.5 Å². The van der Waals surface area contributed by atoms with E-state index >= 15 is 0 Å². The third-order valence-electron chi connectivity index (χ3n) is 3.57. The Hall–Kier alpha value is -1.88. The summed E-state index contributed by atoms with van der Waals surface area (Å²) < 4.78 is 14.1. The zero-order valence-corrected chi connectivity index (χ0v) is 13.2. The average molecular weight is 306 g/mol. The van der Waals surface area contributed by atoms with Gasteiger partial charge in [-0.05, 0) is 43.0 Å². The summed E-state index contributed by atoms with van der Waals surface area (Å²) in [7, 11) is 1.69. The molecule has 1 aromatic carbocycles. The highest BCUT2D eigenvalue weighted by molar-refractivity contribution is 7.09. The topological polar surface area (TPSA) is 46.3 Å². The van der Waals surface area contributed by atoms with Crippen molar-refractivity contribution in [2.75, 3.05) is 12.8 Å². The molecule has 1 unspecified atom stereocenters. The van der Waals surface area contributed by atoms with Crippen LogP contribution in [0.2, 0.25) is 0 Å². The second-order valence-electron chi connectivity index (χ2n) is 5.25. The van der Waals surface area contributed by atoms with Gasteiger partial charge in [-0.1, -0.05) is 6.07 Å². The molecule has 5 heteroatoms. The molecule has 0 aliphatic carbocycles. The lowest BCUT2D eigenvalue weighted by atomic mass is 10.1. The summed E-state index contributed by atoms with van der Waals surface area (Å²) in [5.74, 6) is -0.837. The predicted molar refractivity (Wildman–Crippen MR) is 85.1 cm³/mol. The average Bonchev–Trinajstić information content (AvgIpc) is 2.94. The van der Waals surface area contributed by atoms with Crippen LogP contribution in [0.1, 0.15) is 27.7 Å². The van der Waals surface area contributed by atoms with Crippen LogP contribution in [-0.2, 0) is 6.42 Å². The lowest BCUT2D eigenvalue weighted by Gasteiger charge is -2.25. The predicted octanol–water partition coefficient (Wildman–Crippen LogP) is 3.48. The minimum absolute atomic E-state index is 0.0164. The highest BCUT2D eigenvalue weighted by Crippen LogP contribution is 2.20. The first-order valence-corrected chi connectivity index (χ1v) is 7.63. The van der Waals surface area contributed by atoms with E-state index in [9.17, 15) is 9.18 Å².